The first-order valence-electron chi connectivity index (χ1n) is 10.8. The average molecular weight is 481 g/mol. The maximum atomic E-state index is 15.1. The van der Waals surface area contributed by atoms with Gasteiger partial charge in [-0.3, -0.25) is 0 Å². The number of rotatable bonds is 5. The summed E-state index contributed by atoms with van der Waals surface area (Å²) in [6.07, 6.45) is -1.02. The lowest BCUT2D eigenvalue weighted by Crippen LogP contribution is -2.67. The number of aromatic nitrogens is 3. The maximum absolute atomic E-state index is 15.1. The number of thiazole rings is 1. The molecule has 3 aliphatic heterocycles. The molecule has 2 atom stereocenters. The van der Waals surface area contributed by atoms with Crippen LogP contribution in [0.5, 0.6) is 5.75 Å². The molecule has 3 aliphatic rings. The van der Waals surface area contributed by atoms with Crippen molar-refractivity contribution < 1.29 is 22.4 Å². The van der Waals surface area contributed by atoms with Gasteiger partial charge in [-0.1, -0.05) is 12.1 Å². The third kappa shape index (κ3) is 3.15. The maximum Gasteiger partial charge on any atom is 0.480 e. The fourth-order valence-electron chi connectivity index (χ4n) is 4.56. The number of nitrogens with one attached hydrogen (secondary N) is 1. The SMILES string of the molecule is FC(F)(Oc1ccc(-c2nccs2)c2oc(N3CC4CC(C3)N4)nc12)c1nc2ccccc2o1. The number of hydrogen-bond acceptors (Lipinski definition) is 9. The number of alkyl halides is 2. The van der Waals surface area contributed by atoms with Crippen LogP contribution in [0.4, 0.5) is 14.8 Å². The minimum atomic E-state index is -3.82. The van der Waals surface area contributed by atoms with Gasteiger partial charge in [-0.15, -0.1) is 11.3 Å². The Labute approximate surface area is 195 Å². The normalized spacial score (nSPS) is 20.1. The van der Waals surface area contributed by atoms with Gasteiger partial charge in [0.1, 0.15) is 10.5 Å². The zero-order valence-electron chi connectivity index (χ0n) is 17.6. The van der Waals surface area contributed by atoms with Crippen LogP contribution in [0.15, 0.2) is 56.8 Å². The van der Waals surface area contributed by atoms with Gasteiger partial charge in [0.05, 0.1) is 5.56 Å². The number of halogens is 2. The standard InChI is InChI=1S/C23H17F2N5O3S/c24-23(25,21-28-15-3-1-2-4-16(15)31-21)33-17-6-5-14(20-26-7-8-34-20)19-18(17)29-22(32-19)30-10-12-9-13(11-30)27-12/h1-8,12-13,27H,9-11H2. The van der Waals surface area contributed by atoms with Crippen LogP contribution >= 0.6 is 11.3 Å². The summed E-state index contributed by atoms with van der Waals surface area (Å²) in [7, 11) is 0. The van der Waals surface area contributed by atoms with E-state index in [1.807, 2.05) is 10.3 Å². The Morgan fingerprint density at radius 3 is 2.68 bits per heavy atom. The highest BCUT2D eigenvalue weighted by atomic mass is 32.1. The summed E-state index contributed by atoms with van der Waals surface area (Å²) >= 11 is 1.42. The Morgan fingerprint density at radius 2 is 1.91 bits per heavy atom. The van der Waals surface area contributed by atoms with Crippen LogP contribution in [-0.4, -0.2) is 40.1 Å². The number of nitrogens with zero attached hydrogens (tertiary/aromatic N) is 4. The number of piperazine rings is 1. The van der Waals surface area contributed by atoms with Gasteiger partial charge < -0.3 is 23.8 Å². The summed E-state index contributed by atoms with van der Waals surface area (Å²) < 4.78 is 46.8. The summed E-state index contributed by atoms with van der Waals surface area (Å²) in [5, 5.41) is 6.00. The van der Waals surface area contributed by atoms with Crippen LogP contribution in [0.25, 0.3) is 32.8 Å². The third-order valence-corrected chi connectivity index (χ3v) is 6.94. The summed E-state index contributed by atoms with van der Waals surface area (Å²) in [5.74, 6) is -0.949. The van der Waals surface area contributed by atoms with Crippen molar-refractivity contribution in [2.75, 3.05) is 18.0 Å². The lowest BCUT2D eigenvalue weighted by molar-refractivity contribution is -0.200. The minimum absolute atomic E-state index is 0.127. The van der Waals surface area contributed by atoms with Crippen molar-refractivity contribution in [3.05, 3.63) is 53.9 Å². The van der Waals surface area contributed by atoms with Crippen molar-refractivity contribution in [2.24, 2.45) is 0 Å². The topological polar surface area (TPSA) is 89.5 Å². The van der Waals surface area contributed by atoms with E-state index in [1.165, 1.54) is 17.4 Å². The molecular weight excluding hydrogens is 464 g/mol. The van der Waals surface area contributed by atoms with Gasteiger partial charge in [0, 0.05) is 36.8 Å². The van der Waals surface area contributed by atoms with E-state index < -0.39 is 12.0 Å². The quantitative estimate of drug-likeness (QED) is 0.384. The Balaban J connectivity index is 1.31. The van der Waals surface area contributed by atoms with Gasteiger partial charge in [-0.25, -0.2) is 9.97 Å². The highest BCUT2D eigenvalue weighted by Gasteiger charge is 2.43. The molecule has 0 amide bonds. The monoisotopic (exact) mass is 481 g/mol. The fourth-order valence-corrected chi connectivity index (χ4v) is 5.22. The smallest absolute Gasteiger partial charge is 0.432 e. The molecule has 172 valence electrons. The van der Waals surface area contributed by atoms with E-state index in [-0.39, 0.29) is 16.8 Å². The van der Waals surface area contributed by atoms with E-state index in [1.54, 1.807) is 36.5 Å². The van der Waals surface area contributed by atoms with Gasteiger partial charge in [0.2, 0.25) is 0 Å². The molecule has 0 aliphatic carbocycles. The number of ether oxygens (including phenoxy) is 1. The Bertz CT molecular complexity index is 1470. The number of fused-ring (bicyclic) bond motifs is 4. The first-order chi connectivity index (χ1) is 16.5. The largest absolute Gasteiger partial charge is 0.480 e. The molecule has 8 rings (SSSR count). The Kier molecular flexibility index (Phi) is 4.21. The molecule has 2 aromatic carbocycles. The van der Waals surface area contributed by atoms with E-state index in [0.717, 1.165) is 19.5 Å². The average Bonchev–Trinajstić information content (AvgIpc) is 3.58. The van der Waals surface area contributed by atoms with Gasteiger partial charge in [0.15, 0.2) is 22.4 Å². The van der Waals surface area contributed by atoms with E-state index in [2.05, 4.69) is 20.3 Å². The van der Waals surface area contributed by atoms with Crippen molar-refractivity contribution >= 4 is 39.6 Å². The van der Waals surface area contributed by atoms with Crippen molar-refractivity contribution in [2.45, 2.75) is 24.6 Å². The predicted molar refractivity (Wildman–Crippen MR) is 121 cm³/mol. The van der Waals surface area contributed by atoms with E-state index in [0.29, 0.717) is 39.8 Å². The van der Waals surface area contributed by atoms with E-state index in [9.17, 15) is 0 Å². The molecular formula is C23H17F2N5O3S. The Morgan fingerprint density at radius 1 is 1.09 bits per heavy atom. The molecule has 3 aromatic heterocycles. The second-order valence-corrected chi connectivity index (χ2v) is 9.32. The summed E-state index contributed by atoms with van der Waals surface area (Å²) in [6, 6.07) is 10.8. The van der Waals surface area contributed by atoms with Crippen molar-refractivity contribution in [1.82, 2.24) is 20.3 Å². The molecule has 11 heteroatoms. The predicted octanol–water partition coefficient (Wildman–Crippen LogP) is 4.77. The Hall–Kier alpha value is -3.57. The van der Waals surface area contributed by atoms with Gasteiger partial charge in [0.25, 0.3) is 6.01 Å². The number of anilines is 1. The van der Waals surface area contributed by atoms with Crippen molar-refractivity contribution in [1.29, 1.82) is 0 Å². The number of para-hydroxylation sites is 2. The van der Waals surface area contributed by atoms with Crippen molar-refractivity contribution in [3.63, 3.8) is 0 Å². The lowest BCUT2D eigenvalue weighted by atomic mass is 9.92. The molecule has 5 aromatic rings. The molecule has 2 unspecified atom stereocenters. The van der Waals surface area contributed by atoms with Gasteiger partial charge in [-0.05, 0) is 30.7 Å². The summed E-state index contributed by atoms with van der Waals surface area (Å²) in [4.78, 5) is 14.9. The van der Waals surface area contributed by atoms with Crippen LogP contribution in [-0.2, 0) is 6.11 Å². The molecule has 2 bridgehead atoms. The molecule has 1 N–H and O–H groups in total. The van der Waals surface area contributed by atoms with E-state index in [4.69, 9.17) is 13.6 Å². The number of hydrogen-bond donors (Lipinski definition) is 1. The molecule has 0 radical (unpaired) electrons. The number of benzene rings is 2. The molecule has 0 saturated carbocycles. The highest BCUT2D eigenvalue weighted by molar-refractivity contribution is 7.13. The third-order valence-electron chi connectivity index (χ3n) is 6.13. The van der Waals surface area contributed by atoms with Crippen molar-refractivity contribution in [3.8, 4) is 16.3 Å². The minimum Gasteiger partial charge on any atom is -0.432 e. The molecule has 8 nitrogen and oxygen atoms in total. The summed E-state index contributed by atoms with van der Waals surface area (Å²) in [6.45, 7) is 1.48. The first-order valence-corrected chi connectivity index (χ1v) is 11.7. The van der Waals surface area contributed by atoms with Gasteiger partial charge >= 0.3 is 12.0 Å². The van der Waals surface area contributed by atoms with Crippen LogP contribution in [0.1, 0.15) is 12.3 Å². The number of piperidine rings is 1. The molecule has 34 heavy (non-hydrogen) atoms. The summed E-state index contributed by atoms with van der Waals surface area (Å²) in [5.41, 5.74) is 1.80. The second kappa shape index (κ2) is 7.21. The molecule has 3 saturated heterocycles. The van der Waals surface area contributed by atoms with Crippen LogP contribution in [0.2, 0.25) is 0 Å². The van der Waals surface area contributed by atoms with Crippen LogP contribution in [0, 0.1) is 0 Å². The number of oxazole rings is 2. The van der Waals surface area contributed by atoms with E-state index >= 15 is 8.78 Å². The zero-order chi connectivity index (χ0) is 22.9. The van der Waals surface area contributed by atoms with Crippen LogP contribution < -0.4 is 15.0 Å². The molecule has 6 heterocycles. The van der Waals surface area contributed by atoms with Gasteiger partial charge in [-0.2, -0.15) is 13.8 Å². The lowest BCUT2D eigenvalue weighted by Gasteiger charge is -2.47. The van der Waals surface area contributed by atoms with Crippen LogP contribution in [0.3, 0.4) is 0 Å². The molecule has 0 spiro atoms. The highest BCUT2D eigenvalue weighted by Crippen LogP contribution is 2.41. The molecule has 3 fully saturated rings. The first kappa shape index (κ1) is 19.9. The second-order valence-electron chi connectivity index (χ2n) is 8.43. The fraction of sp³-hybridized carbons (Fsp3) is 0.261. The zero-order valence-corrected chi connectivity index (χ0v) is 18.4.